The highest BCUT2D eigenvalue weighted by molar-refractivity contribution is 5.96. The maximum Gasteiger partial charge on any atom is 0.407 e. The highest BCUT2D eigenvalue weighted by Crippen LogP contribution is 2.08. The average Bonchev–Trinajstić information content (AvgIpc) is 2.81. The van der Waals surface area contributed by atoms with Crippen LogP contribution >= 0.6 is 0 Å². The van der Waals surface area contributed by atoms with Crippen LogP contribution in [0.3, 0.4) is 0 Å². The van der Waals surface area contributed by atoms with Crippen LogP contribution in [0.25, 0.3) is 0 Å². The minimum Gasteiger partial charge on any atom is -0.461 e. The highest BCUT2D eigenvalue weighted by atomic mass is 16.6. The molecular weight excluding hydrogens is 302 g/mol. The van der Waals surface area contributed by atoms with Crippen molar-refractivity contribution in [1.82, 2.24) is 15.1 Å². The molecule has 8 heteroatoms. The lowest BCUT2D eigenvalue weighted by Crippen LogP contribution is -2.34. The van der Waals surface area contributed by atoms with Crippen molar-refractivity contribution in [2.75, 3.05) is 13.2 Å². The van der Waals surface area contributed by atoms with E-state index in [1.165, 1.54) is 17.7 Å². The Kier molecular flexibility index (Phi) is 6.29. The van der Waals surface area contributed by atoms with Crippen LogP contribution in [0.2, 0.25) is 0 Å². The number of rotatable bonds is 6. The van der Waals surface area contributed by atoms with E-state index in [9.17, 15) is 14.4 Å². The molecule has 0 saturated carbocycles. The Hall–Kier alpha value is -2.38. The van der Waals surface area contributed by atoms with E-state index in [1.807, 2.05) is 0 Å². The summed E-state index contributed by atoms with van der Waals surface area (Å²) < 4.78 is 11.3. The van der Waals surface area contributed by atoms with Crippen LogP contribution in [0, 0.1) is 0 Å². The zero-order valence-corrected chi connectivity index (χ0v) is 14.1. The van der Waals surface area contributed by atoms with Crippen molar-refractivity contribution in [3.8, 4) is 0 Å². The van der Waals surface area contributed by atoms with Crippen molar-refractivity contribution < 1.29 is 23.9 Å². The Morgan fingerprint density at radius 1 is 1.30 bits per heavy atom. The Balaban J connectivity index is 2.70. The summed E-state index contributed by atoms with van der Waals surface area (Å²) in [6, 6.07) is 1.38. The van der Waals surface area contributed by atoms with Gasteiger partial charge >= 0.3 is 12.1 Å². The summed E-state index contributed by atoms with van der Waals surface area (Å²) in [6.07, 6.45) is -0.556. The summed E-state index contributed by atoms with van der Waals surface area (Å²) in [5, 5.41) is 6.62. The minimum absolute atomic E-state index is 0.0642. The van der Waals surface area contributed by atoms with Crippen molar-refractivity contribution >= 4 is 17.8 Å². The van der Waals surface area contributed by atoms with E-state index >= 15 is 0 Å². The van der Waals surface area contributed by atoms with E-state index in [4.69, 9.17) is 9.47 Å². The molecule has 1 aromatic heterocycles. The molecule has 128 valence electrons. The van der Waals surface area contributed by atoms with E-state index in [0.717, 1.165) is 0 Å². The molecule has 0 atom stereocenters. The summed E-state index contributed by atoms with van der Waals surface area (Å²) in [4.78, 5) is 34.9. The summed E-state index contributed by atoms with van der Waals surface area (Å²) in [5.41, 5.74) is -0.245. The predicted molar refractivity (Wildman–Crippen MR) is 82.4 cm³/mol. The van der Waals surface area contributed by atoms with Gasteiger partial charge in [0.25, 0.3) is 0 Å². The zero-order chi connectivity index (χ0) is 17.6. The summed E-state index contributed by atoms with van der Waals surface area (Å²) in [5.74, 6) is -0.820. The number of ketones is 1. The Morgan fingerprint density at radius 2 is 1.96 bits per heavy atom. The first-order valence-electron chi connectivity index (χ1n) is 7.36. The van der Waals surface area contributed by atoms with Crippen molar-refractivity contribution in [2.24, 2.45) is 0 Å². The number of carbonyl (C=O) groups is 3. The maximum atomic E-state index is 11.7. The Labute approximate surface area is 135 Å². The third-order valence-corrected chi connectivity index (χ3v) is 2.62. The van der Waals surface area contributed by atoms with Gasteiger partial charge in [-0.15, -0.1) is 0 Å². The number of esters is 1. The number of nitrogens with one attached hydrogen (secondary N) is 1. The van der Waals surface area contributed by atoms with Crippen molar-refractivity contribution in [2.45, 2.75) is 46.8 Å². The molecule has 0 spiro atoms. The van der Waals surface area contributed by atoms with Gasteiger partial charge in [0.1, 0.15) is 11.3 Å². The third-order valence-electron chi connectivity index (χ3n) is 2.62. The molecule has 1 N–H and O–H groups in total. The molecule has 0 aromatic carbocycles. The molecule has 0 fully saturated rings. The van der Waals surface area contributed by atoms with E-state index < -0.39 is 17.7 Å². The fraction of sp³-hybridized carbons (Fsp3) is 0.600. The molecule has 8 nitrogen and oxygen atoms in total. The predicted octanol–water partition coefficient (Wildman–Crippen LogP) is 1.79. The number of ether oxygens (including phenoxy) is 2. The molecule has 1 heterocycles. The first kappa shape index (κ1) is 18.7. The summed E-state index contributed by atoms with van der Waals surface area (Å²) in [7, 11) is 0. The molecule has 1 rings (SSSR count). The molecule has 0 unspecified atom stereocenters. The molecule has 0 bridgehead atoms. The second-order valence-electron chi connectivity index (χ2n) is 5.84. The number of amides is 1. The molecule has 0 saturated heterocycles. The van der Waals surface area contributed by atoms with Crippen LogP contribution in [-0.2, 0) is 16.0 Å². The molecule has 1 aromatic rings. The van der Waals surface area contributed by atoms with Crippen LogP contribution in [0.5, 0.6) is 0 Å². The van der Waals surface area contributed by atoms with Crippen molar-refractivity contribution in [1.29, 1.82) is 0 Å². The number of Topliss-reactive ketones (excluding diaryl/α,β-unsaturated/α-hetero) is 1. The average molecular weight is 325 g/mol. The van der Waals surface area contributed by atoms with Gasteiger partial charge in [-0.2, -0.15) is 5.10 Å². The fourth-order valence-electron chi connectivity index (χ4n) is 1.75. The number of alkyl carbamates (subject to hydrolysis) is 1. The van der Waals surface area contributed by atoms with Crippen LogP contribution < -0.4 is 5.32 Å². The first-order valence-corrected chi connectivity index (χ1v) is 7.36. The highest BCUT2D eigenvalue weighted by Gasteiger charge is 2.19. The van der Waals surface area contributed by atoms with Gasteiger partial charge < -0.3 is 14.8 Å². The quantitative estimate of drug-likeness (QED) is 0.632. The van der Waals surface area contributed by atoms with Crippen LogP contribution in [0.4, 0.5) is 4.79 Å². The largest absolute Gasteiger partial charge is 0.461 e. The lowest BCUT2D eigenvalue weighted by Gasteiger charge is -2.19. The van der Waals surface area contributed by atoms with Gasteiger partial charge in [-0.05, 0) is 27.7 Å². The van der Waals surface area contributed by atoms with E-state index in [0.29, 0.717) is 0 Å². The normalized spacial score (nSPS) is 11.0. The number of carbonyl (C=O) groups excluding carboxylic acids is 3. The Morgan fingerprint density at radius 3 is 2.48 bits per heavy atom. The number of hydrogen-bond donors (Lipinski definition) is 1. The second kappa shape index (κ2) is 7.75. The van der Waals surface area contributed by atoms with Gasteiger partial charge in [0, 0.05) is 19.5 Å². The fourth-order valence-corrected chi connectivity index (χ4v) is 1.75. The first-order chi connectivity index (χ1) is 10.6. The molecule has 23 heavy (non-hydrogen) atoms. The third kappa shape index (κ3) is 6.09. The lowest BCUT2D eigenvalue weighted by atomic mass is 10.2. The monoisotopic (exact) mass is 325 g/mol. The summed E-state index contributed by atoms with van der Waals surface area (Å²) in [6.45, 7) is 9.02. The number of nitrogens with zero attached hydrogens (tertiary/aromatic N) is 2. The van der Waals surface area contributed by atoms with E-state index in [2.05, 4.69) is 10.4 Å². The molecule has 0 radical (unpaired) electrons. The molecular formula is C15H23N3O5. The van der Waals surface area contributed by atoms with Crippen LogP contribution in [-0.4, -0.2) is 46.4 Å². The molecule has 1 amide bonds. The molecule has 0 aliphatic heterocycles. The molecule has 0 aliphatic rings. The topological polar surface area (TPSA) is 99.5 Å². The molecule has 0 aliphatic carbocycles. The van der Waals surface area contributed by atoms with Crippen LogP contribution in [0.15, 0.2) is 6.07 Å². The van der Waals surface area contributed by atoms with Crippen LogP contribution in [0.1, 0.15) is 55.6 Å². The van der Waals surface area contributed by atoms with Gasteiger partial charge in [0.05, 0.1) is 13.2 Å². The second-order valence-corrected chi connectivity index (χ2v) is 5.84. The minimum atomic E-state index is -0.589. The standard InChI is InChI=1S/C15H23N3O5/c1-6-22-13(20)11-9-12(10(2)19)18(17-11)8-7-16-14(21)23-15(3,4)5/h9H,6-8H2,1-5H3,(H,16,21). The Bertz CT molecular complexity index is 586. The van der Waals surface area contributed by atoms with Gasteiger partial charge in [-0.25, -0.2) is 9.59 Å². The smallest absolute Gasteiger partial charge is 0.407 e. The van der Waals surface area contributed by atoms with Gasteiger partial charge in [-0.3, -0.25) is 9.48 Å². The van der Waals surface area contributed by atoms with Crippen molar-refractivity contribution in [3.05, 3.63) is 17.5 Å². The van der Waals surface area contributed by atoms with Gasteiger partial charge in [0.15, 0.2) is 11.5 Å². The maximum absolute atomic E-state index is 11.7. The van der Waals surface area contributed by atoms with Crippen molar-refractivity contribution in [3.63, 3.8) is 0 Å². The summed E-state index contributed by atoms with van der Waals surface area (Å²) >= 11 is 0. The van der Waals surface area contributed by atoms with E-state index in [-0.39, 0.29) is 36.9 Å². The van der Waals surface area contributed by atoms with Gasteiger partial charge in [-0.1, -0.05) is 0 Å². The zero-order valence-electron chi connectivity index (χ0n) is 14.1. The number of hydrogen-bond acceptors (Lipinski definition) is 6. The van der Waals surface area contributed by atoms with Gasteiger partial charge in [0.2, 0.25) is 0 Å². The van der Waals surface area contributed by atoms with E-state index in [1.54, 1.807) is 27.7 Å². The lowest BCUT2D eigenvalue weighted by molar-refractivity contribution is 0.0507. The SMILES string of the molecule is CCOC(=O)c1cc(C(C)=O)n(CCNC(=O)OC(C)(C)C)n1. The number of aromatic nitrogens is 2.